The summed E-state index contributed by atoms with van der Waals surface area (Å²) in [6.07, 6.45) is 0.665. The number of imide groups is 1. The van der Waals surface area contributed by atoms with Crippen molar-refractivity contribution in [3.8, 4) is 6.07 Å². The highest BCUT2D eigenvalue weighted by atomic mass is 35.5. The second kappa shape index (κ2) is 6.40. The van der Waals surface area contributed by atoms with Crippen LogP contribution in [0.2, 0.25) is 0 Å². The minimum atomic E-state index is -0.289. The van der Waals surface area contributed by atoms with Gasteiger partial charge in [0.2, 0.25) is 0 Å². The summed E-state index contributed by atoms with van der Waals surface area (Å²) in [5.41, 5.74) is 1.28. The second-order valence-electron chi connectivity index (χ2n) is 4.54. The van der Waals surface area contributed by atoms with E-state index in [4.69, 9.17) is 16.9 Å². The van der Waals surface area contributed by atoms with Crippen LogP contribution in [-0.4, -0.2) is 40.7 Å². The second-order valence-corrected chi connectivity index (χ2v) is 4.92. The summed E-state index contributed by atoms with van der Waals surface area (Å²) in [5.74, 6) is 0.245. The Balaban J connectivity index is 2.07. The predicted molar refractivity (Wildman–Crippen MR) is 74.0 cm³/mol. The van der Waals surface area contributed by atoms with Gasteiger partial charge < -0.3 is 4.90 Å². The maximum atomic E-state index is 12.1. The molecular weight excluding hydrogens is 278 g/mol. The van der Waals surface area contributed by atoms with Crippen molar-refractivity contribution in [1.82, 2.24) is 9.80 Å². The van der Waals surface area contributed by atoms with E-state index in [1.54, 1.807) is 24.3 Å². The standard InChI is InChI=1S/C14H14ClN3O2/c15-5-2-6-17-10-13(19)18(14(17)20)9-12-4-1-3-11(7-12)8-16/h1,3-4,7H,2,5-6,9-10H2. The molecule has 5 nitrogen and oxygen atoms in total. The molecule has 1 aliphatic heterocycles. The lowest BCUT2D eigenvalue weighted by atomic mass is 10.1. The summed E-state index contributed by atoms with van der Waals surface area (Å²) in [4.78, 5) is 26.7. The Bertz CT molecular complexity index is 568. The van der Waals surface area contributed by atoms with Gasteiger partial charge in [0, 0.05) is 12.4 Å². The van der Waals surface area contributed by atoms with Gasteiger partial charge in [0.05, 0.1) is 18.2 Å². The van der Waals surface area contributed by atoms with E-state index in [0.717, 1.165) is 5.56 Å². The van der Waals surface area contributed by atoms with E-state index >= 15 is 0 Å². The SMILES string of the molecule is N#Cc1cccc(CN2C(=O)CN(CCCCl)C2=O)c1. The fraction of sp³-hybridized carbons (Fsp3) is 0.357. The third kappa shape index (κ3) is 3.09. The largest absolute Gasteiger partial charge is 0.327 e. The number of urea groups is 1. The third-order valence-electron chi connectivity index (χ3n) is 3.09. The molecule has 0 unspecified atom stereocenters. The van der Waals surface area contributed by atoms with Gasteiger partial charge in [0.1, 0.15) is 6.54 Å². The van der Waals surface area contributed by atoms with Crippen LogP contribution in [0.25, 0.3) is 0 Å². The number of halogens is 1. The van der Waals surface area contributed by atoms with Crippen molar-refractivity contribution in [2.75, 3.05) is 19.0 Å². The molecule has 0 radical (unpaired) electrons. The zero-order valence-electron chi connectivity index (χ0n) is 10.9. The molecule has 3 amide bonds. The number of hydrogen-bond donors (Lipinski definition) is 0. The van der Waals surface area contributed by atoms with Gasteiger partial charge in [-0.05, 0) is 24.1 Å². The molecule has 1 aromatic carbocycles. The van der Waals surface area contributed by atoms with Crippen LogP contribution >= 0.6 is 11.6 Å². The van der Waals surface area contributed by atoms with Gasteiger partial charge in [0.25, 0.3) is 5.91 Å². The van der Waals surface area contributed by atoms with Gasteiger partial charge >= 0.3 is 6.03 Å². The lowest BCUT2D eigenvalue weighted by molar-refractivity contribution is -0.125. The molecule has 1 saturated heterocycles. The molecule has 1 aromatic rings. The summed E-state index contributed by atoms with van der Waals surface area (Å²) in [5, 5.41) is 8.85. The minimum absolute atomic E-state index is 0.105. The minimum Gasteiger partial charge on any atom is -0.315 e. The van der Waals surface area contributed by atoms with Gasteiger partial charge in [-0.25, -0.2) is 4.79 Å². The number of nitriles is 1. The van der Waals surface area contributed by atoms with E-state index < -0.39 is 0 Å². The highest BCUT2D eigenvalue weighted by Gasteiger charge is 2.35. The molecule has 0 saturated carbocycles. The van der Waals surface area contributed by atoms with Crippen LogP contribution in [0.15, 0.2) is 24.3 Å². The number of amides is 3. The number of hydrogen-bond acceptors (Lipinski definition) is 3. The van der Waals surface area contributed by atoms with Gasteiger partial charge in [-0.3, -0.25) is 9.69 Å². The first-order valence-electron chi connectivity index (χ1n) is 6.30. The van der Waals surface area contributed by atoms with Crippen molar-refractivity contribution in [1.29, 1.82) is 5.26 Å². The van der Waals surface area contributed by atoms with Crippen LogP contribution in [0, 0.1) is 11.3 Å². The average molecular weight is 292 g/mol. The van der Waals surface area contributed by atoms with E-state index in [2.05, 4.69) is 0 Å². The number of benzene rings is 1. The molecule has 104 valence electrons. The first-order valence-corrected chi connectivity index (χ1v) is 6.83. The average Bonchev–Trinajstić information content (AvgIpc) is 2.73. The molecule has 0 atom stereocenters. The number of carbonyl (C=O) groups excluding carboxylic acids is 2. The normalized spacial score (nSPS) is 14.8. The smallest absolute Gasteiger partial charge is 0.315 e. The first kappa shape index (κ1) is 14.4. The number of nitrogens with zero attached hydrogens (tertiary/aromatic N) is 3. The van der Waals surface area contributed by atoms with E-state index in [0.29, 0.717) is 24.4 Å². The highest BCUT2D eigenvalue weighted by molar-refractivity contribution is 6.17. The van der Waals surface area contributed by atoms with Crippen molar-refractivity contribution in [3.63, 3.8) is 0 Å². The Morgan fingerprint density at radius 2 is 2.15 bits per heavy atom. The van der Waals surface area contributed by atoms with Gasteiger partial charge in [-0.15, -0.1) is 11.6 Å². The Kier molecular flexibility index (Phi) is 4.59. The number of carbonyl (C=O) groups is 2. The molecule has 1 aliphatic rings. The molecule has 0 bridgehead atoms. The maximum absolute atomic E-state index is 12.1. The Hall–Kier alpha value is -2.06. The van der Waals surface area contributed by atoms with Gasteiger partial charge in [0.15, 0.2) is 0 Å². The van der Waals surface area contributed by atoms with Crippen LogP contribution in [0.3, 0.4) is 0 Å². The zero-order chi connectivity index (χ0) is 14.5. The maximum Gasteiger partial charge on any atom is 0.327 e. The van der Waals surface area contributed by atoms with Crippen molar-refractivity contribution in [3.05, 3.63) is 35.4 Å². The van der Waals surface area contributed by atoms with E-state index in [-0.39, 0.29) is 25.0 Å². The quantitative estimate of drug-likeness (QED) is 0.615. The summed E-state index contributed by atoms with van der Waals surface area (Å²) in [7, 11) is 0. The molecule has 6 heteroatoms. The molecular formula is C14H14ClN3O2. The Labute approximate surface area is 122 Å². The monoisotopic (exact) mass is 291 g/mol. The lowest BCUT2D eigenvalue weighted by Gasteiger charge is -2.16. The molecule has 0 aromatic heterocycles. The van der Waals surface area contributed by atoms with Crippen LogP contribution in [0.4, 0.5) is 4.79 Å². The van der Waals surface area contributed by atoms with Crippen molar-refractivity contribution < 1.29 is 9.59 Å². The van der Waals surface area contributed by atoms with Crippen LogP contribution in [0.5, 0.6) is 0 Å². The van der Waals surface area contributed by atoms with Crippen molar-refractivity contribution in [2.45, 2.75) is 13.0 Å². The topological polar surface area (TPSA) is 64.4 Å². The zero-order valence-corrected chi connectivity index (χ0v) is 11.6. The molecule has 0 N–H and O–H groups in total. The molecule has 2 rings (SSSR count). The van der Waals surface area contributed by atoms with Gasteiger partial charge in [-0.2, -0.15) is 5.26 Å². The number of rotatable bonds is 5. The number of alkyl halides is 1. The fourth-order valence-corrected chi connectivity index (χ4v) is 2.22. The molecule has 1 heterocycles. The molecule has 1 fully saturated rings. The van der Waals surface area contributed by atoms with E-state index in [9.17, 15) is 9.59 Å². The molecule has 0 spiro atoms. The first-order chi connectivity index (χ1) is 9.65. The highest BCUT2D eigenvalue weighted by Crippen LogP contribution is 2.16. The molecule has 20 heavy (non-hydrogen) atoms. The van der Waals surface area contributed by atoms with Crippen LogP contribution < -0.4 is 0 Å². The Morgan fingerprint density at radius 3 is 2.85 bits per heavy atom. The van der Waals surface area contributed by atoms with Crippen LogP contribution in [-0.2, 0) is 11.3 Å². The van der Waals surface area contributed by atoms with E-state index in [1.807, 2.05) is 6.07 Å². The van der Waals surface area contributed by atoms with Crippen molar-refractivity contribution in [2.24, 2.45) is 0 Å². The molecule has 0 aliphatic carbocycles. The third-order valence-corrected chi connectivity index (χ3v) is 3.35. The summed E-state index contributed by atoms with van der Waals surface area (Å²) >= 11 is 5.60. The summed E-state index contributed by atoms with van der Waals surface area (Å²) in [6, 6.07) is 8.65. The van der Waals surface area contributed by atoms with Crippen LogP contribution in [0.1, 0.15) is 17.5 Å². The predicted octanol–water partition coefficient (Wildman–Crippen LogP) is 1.95. The van der Waals surface area contributed by atoms with Gasteiger partial charge in [-0.1, -0.05) is 12.1 Å². The van der Waals surface area contributed by atoms with E-state index in [1.165, 1.54) is 9.80 Å². The fourth-order valence-electron chi connectivity index (χ4n) is 2.10. The lowest BCUT2D eigenvalue weighted by Crippen LogP contribution is -2.33. The summed E-state index contributed by atoms with van der Waals surface area (Å²) in [6.45, 7) is 0.793. The van der Waals surface area contributed by atoms with Crippen molar-refractivity contribution >= 4 is 23.5 Å². The Morgan fingerprint density at radius 1 is 1.35 bits per heavy atom. The summed E-state index contributed by atoms with van der Waals surface area (Å²) < 4.78 is 0.